The van der Waals surface area contributed by atoms with Crippen LogP contribution in [-0.4, -0.2) is 43.0 Å². The molecule has 1 heterocycles. The third-order valence-electron chi connectivity index (χ3n) is 5.07. The molecule has 1 N–H and O–H groups in total. The summed E-state index contributed by atoms with van der Waals surface area (Å²) in [5.41, 5.74) is 0.863. The van der Waals surface area contributed by atoms with E-state index in [1.54, 1.807) is 37.5 Å². The number of amides is 1. The number of carbonyl (C=O) groups excluding carboxylic acids is 1. The highest BCUT2D eigenvalue weighted by Gasteiger charge is 2.29. The van der Waals surface area contributed by atoms with Crippen molar-refractivity contribution >= 4 is 33.4 Å². The maximum absolute atomic E-state index is 13.0. The molecule has 0 spiro atoms. The van der Waals surface area contributed by atoms with Crippen LogP contribution in [0.25, 0.3) is 0 Å². The fraction of sp³-hybridized carbons (Fsp3) is 0.400. The summed E-state index contributed by atoms with van der Waals surface area (Å²) in [5.74, 6) is -0.365. The topological polar surface area (TPSA) is 79.4 Å². The highest BCUT2D eigenvalue weighted by molar-refractivity contribution is 7.98. The second kappa shape index (κ2) is 9.07. The smallest absolute Gasteiger partial charge is 0.255 e. The summed E-state index contributed by atoms with van der Waals surface area (Å²) in [6.07, 6.45) is 8.54. The van der Waals surface area contributed by atoms with E-state index in [4.69, 9.17) is 0 Å². The minimum absolute atomic E-state index is 0.0252. The molecule has 0 aliphatic heterocycles. The molecule has 1 fully saturated rings. The summed E-state index contributed by atoms with van der Waals surface area (Å²) in [6, 6.07) is 9.81. The SMILES string of the molecule is CSc1ccc(NC(=O)c2cccc(S(=O)(=O)N(C)C3CCCCC3)c2)cn1. The maximum Gasteiger partial charge on any atom is 0.255 e. The molecule has 1 amide bonds. The van der Waals surface area contributed by atoms with E-state index in [2.05, 4.69) is 10.3 Å². The van der Waals surface area contributed by atoms with Crippen molar-refractivity contribution in [2.75, 3.05) is 18.6 Å². The Balaban J connectivity index is 1.77. The Morgan fingerprint density at radius 2 is 1.93 bits per heavy atom. The molecule has 0 unspecified atom stereocenters. The van der Waals surface area contributed by atoms with Gasteiger partial charge in [-0.2, -0.15) is 4.31 Å². The summed E-state index contributed by atoms with van der Waals surface area (Å²) in [4.78, 5) is 16.9. The predicted molar refractivity (Wildman–Crippen MR) is 112 cm³/mol. The Morgan fingerprint density at radius 1 is 1.18 bits per heavy atom. The van der Waals surface area contributed by atoms with Crippen LogP contribution in [0, 0.1) is 0 Å². The van der Waals surface area contributed by atoms with E-state index in [-0.39, 0.29) is 16.8 Å². The Kier molecular flexibility index (Phi) is 6.74. The third-order valence-corrected chi connectivity index (χ3v) is 7.63. The van der Waals surface area contributed by atoms with Gasteiger partial charge in [0.05, 0.1) is 21.8 Å². The predicted octanol–water partition coefficient (Wildman–Crippen LogP) is 4.01. The van der Waals surface area contributed by atoms with Crippen molar-refractivity contribution in [1.82, 2.24) is 9.29 Å². The van der Waals surface area contributed by atoms with Gasteiger partial charge in [-0.3, -0.25) is 4.79 Å². The van der Waals surface area contributed by atoms with E-state index in [1.807, 2.05) is 12.3 Å². The van der Waals surface area contributed by atoms with E-state index in [0.717, 1.165) is 37.1 Å². The molecular formula is C20H25N3O3S2. The van der Waals surface area contributed by atoms with E-state index in [9.17, 15) is 13.2 Å². The molecule has 150 valence electrons. The lowest BCUT2D eigenvalue weighted by Gasteiger charge is -2.30. The molecule has 28 heavy (non-hydrogen) atoms. The molecule has 8 heteroatoms. The largest absolute Gasteiger partial charge is 0.321 e. The lowest BCUT2D eigenvalue weighted by atomic mass is 9.96. The van der Waals surface area contributed by atoms with Crippen LogP contribution < -0.4 is 5.32 Å². The summed E-state index contributed by atoms with van der Waals surface area (Å²) < 4.78 is 27.5. The number of benzene rings is 1. The van der Waals surface area contributed by atoms with Crippen LogP contribution in [0.3, 0.4) is 0 Å². The van der Waals surface area contributed by atoms with Crippen molar-refractivity contribution in [2.24, 2.45) is 0 Å². The first kappa shape index (κ1) is 20.8. The highest BCUT2D eigenvalue weighted by Crippen LogP contribution is 2.27. The van der Waals surface area contributed by atoms with Gasteiger partial charge in [-0.05, 0) is 49.4 Å². The molecule has 1 aromatic heterocycles. The minimum Gasteiger partial charge on any atom is -0.321 e. The molecule has 6 nitrogen and oxygen atoms in total. The normalized spacial score (nSPS) is 15.5. The summed E-state index contributed by atoms with van der Waals surface area (Å²) in [7, 11) is -2.00. The van der Waals surface area contributed by atoms with Gasteiger partial charge in [0.15, 0.2) is 0 Å². The molecule has 1 aliphatic rings. The molecule has 3 rings (SSSR count). The van der Waals surface area contributed by atoms with Gasteiger partial charge >= 0.3 is 0 Å². The summed E-state index contributed by atoms with van der Waals surface area (Å²) in [5, 5.41) is 3.62. The van der Waals surface area contributed by atoms with Crippen LogP contribution in [0.4, 0.5) is 5.69 Å². The number of pyridine rings is 1. The first-order valence-corrected chi connectivity index (χ1v) is 12.0. The fourth-order valence-electron chi connectivity index (χ4n) is 3.38. The number of sulfonamides is 1. The number of hydrogen-bond acceptors (Lipinski definition) is 5. The Bertz CT molecular complexity index is 924. The number of anilines is 1. The zero-order valence-corrected chi connectivity index (χ0v) is 17.7. The molecule has 0 saturated heterocycles. The number of nitrogens with zero attached hydrogens (tertiary/aromatic N) is 2. The van der Waals surface area contributed by atoms with Gasteiger partial charge in [0.1, 0.15) is 0 Å². The Hall–Kier alpha value is -1.90. The van der Waals surface area contributed by atoms with Crippen molar-refractivity contribution in [3.05, 3.63) is 48.2 Å². The standard InChI is InChI=1S/C20H25N3O3S2/c1-23(17-8-4-3-5-9-17)28(25,26)18-10-6-7-15(13-18)20(24)22-16-11-12-19(27-2)21-14-16/h6-7,10-14,17H,3-5,8-9H2,1-2H3,(H,22,24). The van der Waals surface area contributed by atoms with E-state index >= 15 is 0 Å². The summed E-state index contributed by atoms with van der Waals surface area (Å²) in [6.45, 7) is 0. The summed E-state index contributed by atoms with van der Waals surface area (Å²) >= 11 is 1.52. The van der Waals surface area contributed by atoms with E-state index < -0.39 is 10.0 Å². The number of thioether (sulfide) groups is 1. The zero-order valence-electron chi connectivity index (χ0n) is 16.1. The minimum atomic E-state index is -3.64. The first-order chi connectivity index (χ1) is 13.4. The second-order valence-electron chi connectivity index (χ2n) is 6.88. The number of hydrogen-bond donors (Lipinski definition) is 1. The lowest BCUT2D eigenvalue weighted by Crippen LogP contribution is -2.38. The van der Waals surface area contributed by atoms with Crippen LogP contribution in [0.2, 0.25) is 0 Å². The van der Waals surface area contributed by atoms with Gasteiger partial charge in [-0.15, -0.1) is 11.8 Å². The van der Waals surface area contributed by atoms with Crippen molar-refractivity contribution in [1.29, 1.82) is 0 Å². The van der Waals surface area contributed by atoms with Gasteiger partial charge < -0.3 is 5.32 Å². The van der Waals surface area contributed by atoms with Crippen molar-refractivity contribution in [3.8, 4) is 0 Å². The van der Waals surface area contributed by atoms with Gasteiger partial charge in [0.2, 0.25) is 10.0 Å². The second-order valence-corrected chi connectivity index (χ2v) is 9.71. The first-order valence-electron chi connectivity index (χ1n) is 9.31. The van der Waals surface area contributed by atoms with Crippen molar-refractivity contribution in [2.45, 2.75) is 48.1 Å². The van der Waals surface area contributed by atoms with E-state index in [0.29, 0.717) is 11.3 Å². The van der Waals surface area contributed by atoms with Crippen LogP contribution in [0.1, 0.15) is 42.5 Å². The van der Waals surface area contributed by atoms with E-state index in [1.165, 1.54) is 22.1 Å². The quantitative estimate of drug-likeness (QED) is 0.716. The number of nitrogens with one attached hydrogen (secondary N) is 1. The maximum atomic E-state index is 13.0. The molecule has 0 radical (unpaired) electrons. The Labute approximate surface area is 170 Å². The molecular weight excluding hydrogens is 394 g/mol. The third kappa shape index (κ3) is 4.74. The van der Waals surface area contributed by atoms with Crippen LogP contribution >= 0.6 is 11.8 Å². The lowest BCUT2D eigenvalue weighted by molar-refractivity contribution is 0.102. The average molecular weight is 420 g/mol. The number of carbonyl (C=O) groups is 1. The van der Waals surface area contributed by atoms with Gasteiger partial charge in [0.25, 0.3) is 5.91 Å². The fourth-order valence-corrected chi connectivity index (χ4v) is 5.21. The van der Waals surface area contributed by atoms with Crippen LogP contribution in [0.15, 0.2) is 52.5 Å². The van der Waals surface area contributed by atoms with Crippen molar-refractivity contribution in [3.63, 3.8) is 0 Å². The molecule has 1 aliphatic carbocycles. The van der Waals surface area contributed by atoms with Gasteiger partial charge in [-0.1, -0.05) is 25.3 Å². The van der Waals surface area contributed by atoms with Crippen LogP contribution in [-0.2, 0) is 10.0 Å². The van der Waals surface area contributed by atoms with Gasteiger partial charge in [0, 0.05) is 18.7 Å². The zero-order chi connectivity index (χ0) is 20.1. The Morgan fingerprint density at radius 3 is 2.57 bits per heavy atom. The van der Waals surface area contributed by atoms with Crippen molar-refractivity contribution < 1.29 is 13.2 Å². The molecule has 1 aromatic carbocycles. The van der Waals surface area contributed by atoms with Gasteiger partial charge in [-0.25, -0.2) is 13.4 Å². The molecule has 2 aromatic rings. The average Bonchev–Trinajstić information content (AvgIpc) is 2.74. The van der Waals surface area contributed by atoms with Crippen LogP contribution in [0.5, 0.6) is 0 Å². The number of rotatable bonds is 6. The number of aromatic nitrogens is 1. The molecule has 0 atom stereocenters. The molecule has 0 bridgehead atoms. The highest BCUT2D eigenvalue weighted by atomic mass is 32.2. The molecule has 1 saturated carbocycles. The monoisotopic (exact) mass is 419 g/mol.